The Kier molecular flexibility index (Phi) is 6.35. The van der Waals surface area contributed by atoms with Gasteiger partial charge in [0.15, 0.2) is 5.76 Å². The third-order valence-corrected chi connectivity index (χ3v) is 7.50. The topological polar surface area (TPSA) is 79.6 Å². The molecule has 1 N–H and O–H groups in total. The van der Waals surface area contributed by atoms with Gasteiger partial charge in [-0.3, -0.25) is 4.79 Å². The van der Waals surface area contributed by atoms with Gasteiger partial charge in [-0.15, -0.1) is 0 Å². The summed E-state index contributed by atoms with van der Waals surface area (Å²) in [6.07, 6.45) is 0.901. The molecule has 0 aliphatic heterocycles. The largest absolute Gasteiger partial charge is 0.451 e. The number of benzene rings is 3. The van der Waals surface area contributed by atoms with Gasteiger partial charge in [0.05, 0.1) is 4.90 Å². The molecule has 0 radical (unpaired) electrons. The predicted octanol–water partition coefficient (Wildman–Crippen LogP) is 5.38. The van der Waals surface area contributed by atoms with Crippen LogP contribution in [0.5, 0.6) is 0 Å². The number of carbonyl (C=O) groups is 1. The molecule has 4 rings (SSSR count). The van der Waals surface area contributed by atoms with Crippen molar-refractivity contribution in [2.75, 3.05) is 12.4 Å². The number of nitrogens with one attached hydrogen (secondary N) is 1. The highest BCUT2D eigenvalue weighted by atomic mass is 32.2. The minimum atomic E-state index is -3.66. The molecule has 3 aromatic carbocycles. The number of anilines is 1. The summed E-state index contributed by atoms with van der Waals surface area (Å²) in [5.74, 6) is -0.129. The van der Waals surface area contributed by atoms with Crippen molar-refractivity contribution in [2.24, 2.45) is 0 Å². The van der Waals surface area contributed by atoms with E-state index in [1.54, 1.807) is 19.2 Å². The SMILES string of the molecule is CCc1ccc2oc(C(=O)Nc3ccc(S(=O)(=O)N(C)Cc4ccccc4)cc3)c(C)c2c1. The average molecular weight is 463 g/mol. The molecule has 0 aliphatic rings. The second kappa shape index (κ2) is 9.21. The van der Waals surface area contributed by atoms with E-state index in [2.05, 4.69) is 12.2 Å². The van der Waals surface area contributed by atoms with E-state index in [0.29, 0.717) is 11.3 Å². The molecule has 0 saturated carbocycles. The van der Waals surface area contributed by atoms with Gasteiger partial charge in [0.25, 0.3) is 5.91 Å². The lowest BCUT2D eigenvalue weighted by molar-refractivity contribution is 0.0998. The molecule has 1 amide bonds. The zero-order chi connectivity index (χ0) is 23.6. The number of carbonyl (C=O) groups excluding carboxylic acids is 1. The maximum atomic E-state index is 12.9. The summed E-state index contributed by atoms with van der Waals surface area (Å²) in [7, 11) is -2.12. The summed E-state index contributed by atoms with van der Waals surface area (Å²) in [6, 6.07) is 21.4. The van der Waals surface area contributed by atoms with E-state index < -0.39 is 10.0 Å². The van der Waals surface area contributed by atoms with Gasteiger partial charge in [0.1, 0.15) is 5.58 Å². The van der Waals surface area contributed by atoms with Crippen LogP contribution in [0.1, 0.15) is 34.2 Å². The fourth-order valence-corrected chi connectivity index (χ4v) is 4.87. The van der Waals surface area contributed by atoms with E-state index in [1.807, 2.05) is 55.5 Å². The fraction of sp³-hybridized carbons (Fsp3) is 0.192. The van der Waals surface area contributed by atoms with Gasteiger partial charge in [0, 0.05) is 30.2 Å². The van der Waals surface area contributed by atoms with Crippen LogP contribution in [0.2, 0.25) is 0 Å². The van der Waals surface area contributed by atoms with Crippen molar-refractivity contribution >= 4 is 32.6 Å². The van der Waals surface area contributed by atoms with Gasteiger partial charge in [-0.2, -0.15) is 4.31 Å². The monoisotopic (exact) mass is 462 g/mol. The van der Waals surface area contributed by atoms with Crippen LogP contribution < -0.4 is 5.32 Å². The van der Waals surface area contributed by atoms with Crippen LogP contribution >= 0.6 is 0 Å². The van der Waals surface area contributed by atoms with E-state index in [9.17, 15) is 13.2 Å². The van der Waals surface area contributed by atoms with Crippen LogP contribution in [-0.2, 0) is 23.0 Å². The van der Waals surface area contributed by atoms with Crippen LogP contribution in [0.3, 0.4) is 0 Å². The molecule has 0 bridgehead atoms. The van der Waals surface area contributed by atoms with Crippen molar-refractivity contribution in [1.82, 2.24) is 4.31 Å². The summed E-state index contributed by atoms with van der Waals surface area (Å²) >= 11 is 0. The number of furan rings is 1. The van der Waals surface area contributed by atoms with Gasteiger partial charge in [-0.1, -0.05) is 43.3 Å². The Morgan fingerprint density at radius 3 is 2.33 bits per heavy atom. The Bertz CT molecular complexity index is 1390. The normalized spacial score (nSPS) is 11.8. The molecule has 0 fully saturated rings. The zero-order valence-electron chi connectivity index (χ0n) is 18.8. The molecule has 0 aliphatic carbocycles. The quantitative estimate of drug-likeness (QED) is 0.400. The maximum absolute atomic E-state index is 12.9. The zero-order valence-corrected chi connectivity index (χ0v) is 19.6. The van der Waals surface area contributed by atoms with E-state index in [0.717, 1.165) is 22.9 Å². The summed E-state index contributed by atoms with van der Waals surface area (Å²) < 4.78 is 32.9. The molecule has 0 saturated heterocycles. The number of hydrogen-bond donors (Lipinski definition) is 1. The van der Waals surface area contributed by atoms with Gasteiger partial charge >= 0.3 is 0 Å². The number of nitrogens with zero attached hydrogens (tertiary/aromatic N) is 1. The average Bonchev–Trinajstić information content (AvgIpc) is 3.16. The van der Waals surface area contributed by atoms with E-state index >= 15 is 0 Å². The van der Waals surface area contributed by atoms with Crippen molar-refractivity contribution in [3.05, 3.63) is 95.2 Å². The summed E-state index contributed by atoms with van der Waals surface area (Å²) in [4.78, 5) is 13.0. The minimum Gasteiger partial charge on any atom is -0.451 e. The number of rotatable bonds is 7. The molecule has 33 heavy (non-hydrogen) atoms. The first-order valence-electron chi connectivity index (χ1n) is 10.7. The number of hydrogen-bond acceptors (Lipinski definition) is 4. The summed E-state index contributed by atoms with van der Waals surface area (Å²) in [6.45, 7) is 4.21. The molecule has 0 spiro atoms. The van der Waals surface area contributed by atoms with Crippen molar-refractivity contribution in [2.45, 2.75) is 31.7 Å². The summed E-state index contributed by atoms with van der Waals surface area (Å²) in [5.41, 5.74) is 4.00. The Morgan fingerprint density at radius 1 is 0.970 bits per heavy atom. The first kappa shape index (κ1) is 22.8. The first-order valence-corrected chi connectivity index (χ1v) is 12.2. The Morgan fingerprint density at radius 2 is 1.67 bits per heavy atom. The smallest absolute Gasteiger partial charge is 0.291 e. The number of amides is 1. The Hall–Kier alpha value is -3.42. The van der Waals surface area contributed by atoms with Gasteiger partial charge in [-0.25, -0.2) is 8.42 Å². The van der Waals surface area contributed by atoms with Crippen LogP contribution in [0.4, 0.5) is 5.69 Å². The number of sulfonamides is 1. The molecular formula is C26H26N2O4S. The second-order valence-electron chi connectivity index (χ2n) is 7.97. The lowest BCUT2D eigenvalue weighted by Gasteiger charge is -2.17. The van der Waals surface area contributed by atoms with Gasteiger partial charge in [-0.05, 0) is 60.9 Å². The minimum absolute atomic E-state index is 0.158. The second-order valence-corrected chi connectivity index (χ2v) is 10.0. The molecule has 4 aromatic rings. The molecule has 170 valence electrons. The molecule has 0 atom stereocenters. The van der Waals surface area contributed by atoms with Crippen LogP contribution in [0, 0.1) is 6.92 Å². The Balaban J connectivity index is 1.50. The van der Waals surface area contributed by atoms with Crippen molar-refractivity contribution < 1.29 is 17.6 Å². The lowest BCUT2D eigenvalue weighted by Crippen LogP contribution is -2.26. The highest BCUT2D eigenvalue weighted by Gasteiger charge is 2.22. The van der Waals surface area contributed by atoms with Crippen LogP contribution in [0.15, 0.2) is 82.1 Å². The molecule has 7 heteroatoms. The molecule has 1 heterocycles. The van der Waals surface area contributed by atoms with E-state index in [4.69, 9.17) is 4.42 Å². The van der Waals surface area contributed by atoms with E-state index in [1.165, 1.54) is 22.0 Å². The third-order valence-electron chi connectivity index (χ3n) is 5.68. The fourth-order valence-electron chi connectivity index (χ4n) is 3.71. The number of fused-ring (bicyclic) bond motifs is 1. The van der Waals surface area contributed by atoms with Crippen molar-refractivity contribution in [3.63, 3.8) is 0 Å². The molecule has 0 unspecified atom stereocenters. The van der Waals surface area contributed by atoms with Gasteiger partial charge in [0.2, 0.25) is 10.0 Å². The lowest BCUT2D eigenvalue weighted by atomic mass is 10.1. The van der Waals surface area contributed by atoms with Crippen LogP contribution in [0.25, 0.3) is 11.0 Å². The van der Waals surface area contributed by atoms with Crippen LogP contribution in [-0.4, -0.2) is 25.7 Å². The predicted molar refractivity (Wildman–Crippen MR) is 130 cm³/mol. The highest BCUT2D eigenvalue weighted by Crippen LogP contribution is 2.27. The first-order chi connectivity index (χ1) is 15.8. The highest BCUT2D eigenvalue weighted by molar-refractivity contribution is 7.89. The standard InChI is InChI=1S/C26H26N2O4S/c1-4-19-10-15-24-23(16-19)18(2)25(32-24)26(29)27-21-11-13-22(14-12-21)33(30,31)28(3)17-20-8-6-5-7-9-20/h5-16H,4,17H2,1-3H3,(H,27,29). The molecule has 6 nitrogen and oxygen atoms in total. The van der Waals surface area contributed by atoms with E-state index in [-0.39, 0.29) is 23.1 Å². The maximum Gasteiger partial charge on any atom is 0.291 e. The third kappa shape index (κ3) is 4.69. The summed E-state index contributed by atoms with van der Waals surface area (Å²) in [5, 5.41) is 3.71. The molecular weight excluding hydrogens is 436 g/mol. The van der Waals surface area contributed by atoms with Gasteiger partial charge < -0.3 is 9.73 Å². The Labute approximate surface area is 193 Å². The molecule has 1 aromatic heterocycles. The number of aryl methyl sites for hydroxylation is 2. The van der Waals surface area contributed by atoms with Crippen molar-refractivity contribution in [3.8, 4) is 0 Å². The van der Waals surface area contributed by atoms with Crippen molar-refractivity contribution in [1.29, 1.82) is 0 Å².